The monoisotopic (exact) mass is 322 g/mol. The SMILES string of the molecule is COCCOC[C@H](O)CN1C[C@H]2C[C@H](C1)c1cccc(=O)n1C2. The number of piperidine rings is 1. The van der Waals surface area contributed by atoms with Crippen molar-refractivity contribution >= 4 is 0 Å². The summed E-state index contributed by atoms with van der Waals surface area (Å²) in [6, 6.07) is 5.56. The van der Waals surface area contributed by atoms with E-state index in [2.05, 4.69) is 11.0 Å². The van der Waals surface area contributed by atoms with Crippen LogP contribution < -0.4 is 5.56 Å². The molecule has 23 heavy (non-hydrogen) atoms. The molecular weight excluding hydrogens is 296 g/mol. The van der Waals surface area contributed by atoms with Gasteiger partial charge in [0.15, 0.2) is 0 Å². The lowest BCUT2D eigenvalue weighted by atomic mass is 9.83. The van der Waals surface area contributed by atoms with E-state index in [1.165, 1.54) is 0 Å². The lowest BCUT2D eigenvalue weighted by molar-refractivity contribution is -0.00995. The fourth-order valence-electron chi connectivity index (χ4n) is 3.86. The van der Waals surface area contributed by atoms with E-state index in [0.717, 1.165) is 31.7 Å². The minimum atomic E-state index is -0.483. The normalized spacial score (nSPS) is 25.1. The zero-order valence-corrected chi connectivity index (χ0v) is 13.7. The molecule has 1 N–H and O–H groups in total. The Morgan fingerprint density at radius 2 is 2.17 bits per heavy atom. The van der Waals surface area contributed by atoms with Gasteiger partial charge in [-0.25, -0.2) is 0 Å². The molecule has 0 aromatic carbocycles. The van der Waals surface area contributed by atoms with E-state index < -0.39 is 6.10 Å². The molecule has 0 aliphatic carbocycles. The number of aliphatic hydroxyl groups excluding tert-OH is 1. The van der Waals surface area contributed by atoms with Crippen molar-refractivity contribution in [2.24, 2.45) is 5.92 Å². The van der Waals surface area contributed by atoms with E-state index in [-0.39, 0.29) is 5.56 Å². The van der Waals surface area contributed by atoms with Crippen LogP contribution in [0.2, 0.25) is 0 Å². The molecule has 6 nitrogen and oxygen atoms in total. The number of rotatable bonds is 7. The van der Waals surface area contributed by atoms with Crippen molar-refractivity contribution in [2.75, 3.05) is 46.6 Å². The molecule has 2 aliphatic rings. The van der Waals surface area contributed by atoms with E-state index in [9.17, 15) is 9.90 Å². The quantitative estimate of drug-likeness (QED) is 0.731. The number of aliphatic hydroxyl groups is 1. The van der Waals surface area contributed by atoms with E-state index in [0.29, 0.717) is 38.2 Å². The molecule has 2 aliphatic heterocycles. The van der Waals surface area contributed by atoms with Gasteiger partial charge in [0.2, 0.25) is 0 Å². The van der Waals surface area contributed by atoms with Crippen molar-refractivity contribution in [1.29, 1.82) is 0 Å². The zero-order chi connectivity index (χ0) is 16.2. The smallest absolute Gasteiger partial charge is 0.250 e. The Labute approximate surface area is 136 Å². The van der Waals surface area contributed by atoms with Crippen molar-refractivity contribution in [3.8, 4) is 0 Å². The van der Waals surface area contributed by atoms with Crippen molar-refractivity contribution in [3.63, 3.8) is 0 Å². The second-order valence-corrected chi connectivity index (χ2v) is 6.64. The molecular formula is C17H26N2O4. The van der Waals surface area contributed by atoms with E-state index in [1.54, 1.807) is 13.2 Å². The van der Waals surface area contributed by atoms with Gasteiger partial charge >= 0.3 is 0 Å². The Kier molecular flexibility index (Phi) is 5.48. The van der Waals surface area contributed by atoms with Gasteiger partial charge in [0.1, 0.15) is 0 Å². The van der Waals surface area contributed by atoms with Crippen molar-refractivity contribution in [3.05, 3.63) is 34.2 Å². The van der Waals surface area contributed by atoms with Crippen LogP contribution >= 0.6 is 0 Å². The number of aromatic nitrogens is 1. The predicted molar refractivity (Wildman–Crippen MR) is 86.7 cm³/mol. The lowest BCUT2D eigenvalue weighted by Gasteiger charge is -2.43. The zero-order valence-electron chi connectivity index (χ0n) is 13.7. The molecule has 1 aromatic rings. The highest BCUT2D eigenvalue weighted by Gasteiger charge is 2.34. The molecule has 3 atom stereocenters. The van der Waals surface area contributed by atoms with Crippen LogP contribution in [-0.2, 0) is 16.0 Å². The standard InChI is InChI=1S/C17H26N2O4/c1-22-5-6-23-12-15(20)11-18-8-13-7-14(10-18)16-3-2-4-17(21)19(16)9-13/h2-4,13-15,20H,5-12H2,1H3/t13-,14-,15-/m1/s1. The average molecular weight is 322 g/mol. The van der Waals surface area contributed by atoms with Crippen LogP contribution in [0.4, 0.5) is 0 Å². The van der Waals surface area contributed by atoms with Crippen LogP contribution in [-0.4, -0.2) is 67.2 Å². The van der Waals surface area contributed by atoms with Crippen molar-refractivity contribution < 1.29 is 14.6 Å². The Morgan fingerprint density at radius 1 is 1.30 bits per heavy atom. The number of fused-ring (bicyclic) bond motifs is 4. The minimum absolute atomic E-state index is 0.109. The van der Waals surface area contributed by atoms with Crippen LogP contribution in [0.3, 0.4) is 0 Å². The van der Waals surface area contributed by atoms with Crippen LogP contribution in [0.1, 0.15) is 18.0 Å². The lowest BCUT2D eigenvalue weighted by Crippen LogP contribution is -2.49. The minimum Gasteiger partial charge on any atom is -0.389 e. The molecule has 1 saturated heterocycles. The highest BCUT2D eigenvalue weighted by atomic mass is 16.5. The summed E-state index contributed by atoms with van der Waals surface area (Å²) in [7, 11) is 1.63. The molecule has 0 amide bonds. The number of methoxy groups -OCH3 is 1. The summed E-state index contributed by atoms with van der Waals surface area (Å²) < 4.78 is 12.2. The second kappa shape index (κ2) is 7.57. The Bertz CT molecular complexity index is 574. The van der Waals surface area contributed by atoms with Crippen LogP contribution in [0.25, 0.3) is 0 Å². The number of nitrogens with zero attached hydrogens (tertiary/aromatic N) is 2. The summed E-state index contributed by atoms with van der Waals surface area (Å²) >= 11 is 0. The third kappa shape index (κ3) is 4.01. The van der Waals surface area contributed by atoms with Gasteiger partial charge in [-0.05, 0) is 18.4 Å². The third-order valence-electron chi connectivity index (χ3n) is 4.77. The summed E-state index contributed by atoms with van der Waals surface area (Å²) in [5.74, 6) is 0.876. The van der Waals surface area contributed by atoms with Gasteiger partial charge in [-0.1, -0.05) is 6.07 Å². The molecule has 1 fully saturated rings. The number of hydrogen-bond donors (Lipinski definition) is 1. The first-order valence-corrected chi connectivity index (χ1v) is 8.34. The summed E-state index contributed by atoms with van der Waals surface area (Å²) in [5, 5.41) is 10.1. The van der Waals surface area contributed by atoms with E-state index >= 15 is 0 Å². The van der Waals surface area contributed by atoms with Gasteiger partial charge in [-0.15, -0.1) is 0 Å². The largest absolute Gasteiger partial charge is 0.389 e. The van der Waals surface area contributed by atoms with Gasteiger partial charge in [0, 0.05) is 51.0 Å². The van der Waals surface area contributed by atoms with E-state index in [4.69, 9.17) is 9.47 Å². The molecule has 2 bridgehead atoms. The molecule has 0 spiro atoms. The van der Waals surface area contributed by atoms with Gasteiger partial charge in [0.05, 0.1) is 25.9 Å². The summed E-state index contributed by atoms with van der Waals surface area (Å²) in [5.41, 5.74) is 1.25. The van der Waals surface area contributed by atoms with Gasteiger partial charge < -0.3 is 19.1 Å². The predicted octanol–water partition coefficient (Wildman–Crippen LogP) is 0.291. The number of pyridine rings is 1. The van der Waals surface area contributed by atoms with Gasteiger partial charge in [-0.3, -0.25) is 9.69 Å². The summed E-state index contributed by atoms with van der Waals surface area (Å²) in [4.78, 5) is 14.3. The second-order valence-electron chi connectivity index (χ2n) is 6.64. The topological polar surface area (TPSA) is 63.9 Å². The Balaban J connectivity index is 1.56. The molecule has 3 rings (SSSR count). The fraction of sp³-hybridized carbons (Fsp3) is 0.706. The molecule has 0 radical (unpaired) electrons. The number of hydrogen-bond acceptors (Lipinski definition) is 5. The highest BCUT2D eigenvalue weighted by molar-refractivity contribution is 5.16. The molecule has 6 heteroatoms. The Hall–Kier alpha value is -1.21. The molecule has 0 unspecified atom stereocenters. The molecule has 128 valence electrons. The first-order valence-electron chi connectivity index (χ1n) is 8.34. The molecule has 3 heterocycles. The van der Waals surface area contributed by atoms with Crippen LogP contribution in [0, 0.1) is 5.92 Å². The first-order chi connectivity index (χ1) is 11.2. The van der Waals surface area contributed by atoms with Gasteiger partial charge in [-0.2, -0.15) is 0 Å². The number of likely N-dealkylation sites (tertiary alicyclic amines) is 1. The maximum atomic E-state index is 12.0. The van der Waals surface area contributed by atoms with Crippen LogP contribution in [0.15, 0.2) is 23.0 Å². The maximum absolute atomic E-state index is 12.0. The molecule has 0 saturated carbocycles. The number of ether oxygens (including phenoxy) is 2. The fourth-order valence-corrected chi connectivity index (χ4v) is 3.86. The van der Waals surface area contributed by atoms with E-state index in [1.807, 2.05) is 10.6 Å². The average Bonchev–Trinajstić information content (AvgIpc) is 2.53. The maximum Gasteiger partial charge on any atom is 0.250 e. The summed E-state index contributed by atoms with van der Waals surface area (Å²) in [6.07, 6.45) is 0.657. The van der Waals surface area contributed by atoms with Crippen molar-refractivity contribution in [1.82, 2.24) is 9.47 Å². The summed E-state index contributed by atoms with van der Waals surface area (Å²) in [6.45, 7) is 4.65. The first kappa shape index (κ1) is 16.6. The highest BCUT2D eigenvalue weighted by Crippen LogP contribution is 2.34. The molecule has 1 aromatic heterocycles. The third-order valence-corrected chi connectivity index (χ3v) is 4.77. The van der Waals surface area contributed by atoms with Crippen molar-refractivity contribution in [2.45, 2.75) is 25.0 Å². The van der Waals surface area contributed by atoms with Gasteiger partial charge in [0.25, 0.3) is 5.56 Å². The number of β-amino-alcohol motifs (C(OH)–C–C–N with tert-alkyl or cyclic N) is 1. The van der Waals surface area contributed by atoms with Crippen LogP contribution in [0.5, 0.6) is 0 Å². The Morgan fingerprint density at radius 3 is 3.00 bits per heavy atom.